The number of methoxy groups -OCH3 is 1. The molecule has 0 radical (unpaired) electrons. The van der Waals surface area contributed by atoms with E-state index in [2.05, 4.69) is 21.0 Å². The van der Waals surface area contributed by atoms with Crippen molar-refractivity contribution in [1.82, 2.24) is 19.8 Å². The highest BCUT2D eigenvalue weighted by atomic mass is 16.5. The average Bonchev–Trinajstić information content (AvgIpc) is 3.24. The molecule has 32 heavy (non-hydrogen) atoms. The molecule has 5 rings (SSSR count). The highest BCUT2D eigenvalue weighted by molar-refractivity contribution is 5.92. The number of hydrogen-bond donors (Lipinski definition) is 0. The van der Waals surface area contributed by atoms with E-state index in [1.807, 2.05) is 55.5 Å². The molecule has 164 valence electrons. The molecule has 0 spiro atoms. The van der Waals surface area contributed by atoms with Crippen molar-refractivity contribution < 1.29 is 9.26 Å². The van der Waals surface area contributed by atoms with Gasteiger partial charge in [-0.1, -0.05) is 47.6 Å². The number of fused-ring (bicyclic) bond motifs is 1. The second-order valence-corrected chi connectivity index (χ2v) is 7.90. The summed E-state index contributed by atoms with van der Waals surface area (Å²) in [6.45, 7) is 5.51. The molecule has 0 aliphatic carbocycles. The second-order valence-electron chi connectivity index (χ2n) is 7.90. The Morgan fingerprint density at radius 2 is 1.72 bits per heavy atom. The zero-order valence-electron chi connectivity index (χ0n) is 18.2. The van der Waals surface area contributed by atoms with E-state index in [0.717, 1.165) is 43.2 Å². The Bertz CT molecular complexity index is 1290. The molecule has 1 aliphatic rings. The lowest BCUT2D eigenvalue weighted by atomic mass is 10.1. The molecule has 2 aromatic heterocycles. The molecule has 0 atom stereocenters. The fourth-order valence-corrected chi connectivity index (χ4v) is 4.24. The van der Waals surface area contributed by atoms with Crippen LogP contribution in [-0.4, -0.2) is 53.1 Å². The zero-order chi connectivity index (χ0) is 22.1. The smallest absolute Gasteiger partial charge is 0.298 e. The van der Waals surface area contributed by atoms with Gasteiger partial charge in [0, 0.05) is 31.7 Å². The highest BCUT2D eigenvalue weighted by Gasteiger charge is 2.23. The normalized spacial score (nSPS) is 14.8. The van der Waals surface area contributed by atoms with Crippen LogP contribution in [0, 0.1) is 6.92 Å². The van der Waals surface area contributed by atoms with Gasteiger partial charge < -0.3 is 14.2 Å². The Labute approximate surface area is 185 Å². The van der Waals surface area contributed by atoms with Gasteiger partial charge in [-0.25, -0.2) is 4.68 Å². The molecule has 4 aromatic rings. The molecule has 0 amide bonds. The monoisotopic (exact) mass is 431 g/mol. The van der Waals surface area contributed by atoms with Gasteiger partial charge in [0.15, 0.2) is 5.52 Å². The minimum Gasteiger partial charge on any atom is -0.495 e. The summed E-state index contributed by atoms with van der Waals surface area (Å²) in [4.78, 5) is 17.6. The maximum Gasteiger partial charge on any atom is 0.298 e. The third-order valence-corrected chi connectivity index (χ3v) is 5.94. The van der Waals surface area contributed by atoms with E-state index < -0.39 is 0 Å². The van der Waals surface area contributed by atoms with Crippen molar-refractivity contribution in [3.8, 4) is 17.0 Å². The van der Waals surface area contributed by atoms with Gasteiger partial charge in [0.2, 0.25) is 0 Å². The van der Waals surface area contributed by atoms with Gasteiger partial charge in [0.05, 0.1) is 24.9 Å². The van der Waals surface area contributed by atoms with Crippen molar-refractivity contribution in [2.75, 3.05) is 38.2 Å². The molecule has 0 saturated carbocycles. The topological polar surface area (TPSA) is 76.6 Å². The summed E-state index contributed by atoms with van der Waals surface area (Å²) in [5.74, 6) is 1.47. The van der Waals surface area contributed by atoms with Crippen LogP contribution < -0.4 is 15.2 Å². The predicted molar refractivity (Wildman–Crippen MR) is 123 cm³/mol. The van der Waals surface area contributed by atoms with Gasteiger partial charge in [-0.05, 0) is 19.1 Å². The summed E-state index contributed by atoms with van der Waals surface area (Å²) >= 11 is 0. The van der Waals surface area contributed by atoms with Gasteiger partial charge in [-0.2, -0.15) is 5.10 Å². The maximum atomic E-state index is 13.1. The first-order valence-electron chi connectivity index (χ1n) is 10.7. The number of rotatable bonds is 5. The van der Waals surface area contributed by atoms with Crippen molar-refractivity contribution in [1.29, 1.82) is 0 Å². The van der Waals surface area contributed by atoms with Crippen LogP contribution in [0.1, 0.15) is 5.76 Å². The Kier molecular flexibility index (Phi) is 5.36. The molecular formula is C24H25N5O3. The van der Waals surface area contributed by atoms with Crippen LogP contribution in [0.5, 0.6) is 5.75 Å². The number of hydrogen-bond acceptors (Lipinski definition) is 7. The molecule has 1 fully saturated rings. The summed E-state index contributed by atoms with van der Waals surface area (Å²) in [7, 11) is 1.69. The van der Waals surface area contributed by atoms with E-state index in [0.29, 0.717) is 29.0 Å². The molecule has 2 aromatic carbocycles. The van der Waals surface area contributed by atoms with Crippen LogP contribution in [0.15, 0.2) is 63.9 Å². The van der Waals surface area contributed by atoms with Crippen molar-refractivity contribution in [2.24, 2.45) is 0 Å². The van der Waals surface area contributed by atoms with E-state index in [-0.39, 0.29) is 5.56 Å². The lowest BCUT2D eigenvalue weighted by molar-refractivity contribution is 0.192. The molecule has 1 saturated heterocycles. The fraction of sp³-hybridized carbons (Fsp3) is 0.292. The molecule has 0 N–H and O–H groups in total. The van der Waals surface area contributed by atoms with Crippen LogP contribution in [0.2, 0.25) is 0 Å². The van der Waals surface area contributed by atoms with Gasteiger partial charge in [0.25, 0.3) is 5.56 Å². The third kappa shape index (κ3) is 3.62. The lowest BCUT2D eigenvalue weighted by Crippen LogP contribution is -2.48. The Balaban J connectivity index is 1.41. The summed E-state index contributed by atoms with van der Waals surface area (Å²) < 4.78 is 12.4. The first-order chi connectivity index (χ1) is 15.7. The third-order valence-electron chi connectivity index (χ3n) is 5.94. The van der Waals surface area contributed by atoms with Crippen molar-refractivity contribution in [2.45, 2.75) is 13.6 Å². The highest BCUT2D eigenvalue weighted by Crippen LogP contribution is 2.29. The Hall–Kier alpha value is -3.65. The fourth-order valence-electron chi connectivity index (χ4n) is 4.24. The molecular weight excluding hydrogens is 406 g/mol. The Morgan fingerprint density at radius 1 is 1.00 bits per heavy atom. The number of piperazine rings is 1. The predicted octanol–water partition coefficient (Wildman–Crippen LogP) is 3.15. The molecule has 8 nitrogen and oxygen atoms in total. The minimum atomic E-state index is -0.233. The number of ether oxygens (including phenoxy) is 1. The first kappa shape index (κ1) is 20.3. The standard InChI is InChI=1S/C24H25N5O3/c1-17-21-22(18-8-4-3-5-9-18)25-29(24(30)23(21)26-32-17)16-27-12-14-28(15-13-27)19-10-6-7-11-20(19)31-2/h3-11H,12-16H2,1-2H3. The molecule has 3 heterocycles. The summed E-state index contributed by atoms with van der Waals surface area (Å²) in [5.41, 5.74) is 2.83. The minimum absolute atomic E-state index is 0.233. The van der Waals surface area contributed by atoms with E-state index >= 15 is 0 Å². The van der Waals surface area contributed by atoms with Crippen molar-refractivity contribution in [3.63, 3.8) is 0 Å². The van der Waals surface area contributed by atoms with E-state index in [9.17, 15) is 4.79 Å². The van der Waals surface area contributed by atoms with E-state index in [1.54, 1.807) is 7.11 Å². The second kappa shape index (κ2) is 8.47. The van der Waals surface area contributed by atoms with Gasteiger partial charge in [-0.15, -0.1) is 0 Å². The zero-order valence-corrected chi connectivity index (χ0v) is 18.2. The molecule has 0 unspecified atom stereocenters. The number of nitrogens with zero attached hydrogens (tertiary/aromatic N) is 5. The van der Waals surface area contributed by atoms with Crippen LogP contribution in [0.25, 0.3) is 22.2 Å². The number of aryl methyl sites for hydroxylation is 1. The van der Waals surface area contributed by atoms with Crippen LogP contribution in [0.4, 0.5) is 5.69 Å². The molecule has 8 heteroatoms. The number of aromatic nitrogens is 3. The van der Waals surface area contributed by atoms with Gasteiger partial charge in [-0.3, -0.25) is 9.69 Å². The number of anilines is 1. The number of para-hydroxylation sites is 2. The molecule has 0 bridgehead atoms. The van der Waals surface area contributed by atoms with E-state index in [1.165, 1.54) is 4.68 Å². The average molecular weight is 431 g/mol. The SMILES string of the molecule is COc1ccccc1N1CCN(Cn2nc(-c3ccccc3)c3c(C)onc3c2=O)CC1. The van der Waals surface area contributed by atoms with Crippen LogP contribution in [0.3, 0.4) is 0 Å². The number of benzene rings is 2. The van der Waals surface area contributed by atoms with Crippen molar-refractivity contribution >= 4 is 16.6 Å². The first-order valence-corrected chi connectivity index (χ1v) is 10.7. The van der Waals surface area contributed by atoms with Gasteiger partial charge >= 0.3 is 0 Å². The van der Waals surface area contributed by atoms with Crippen LogP contribution >= 0.6 is 0 Å². The Morgan fingerprint density at radius 3 is 2.47 bits per heavy atom. The van der Waals surface area contributed by atoms with Gasteiger partial charge in [0.1, 0.15) is 17.2 Å². The quantitative estimate of drug-likeness (QED) is 0.480. The summed E-state index contributed by atoms with van der Waals surface area (Å²) in [6, 6.07) is 17.9. The largest absolute Gasteiger partial charge is 0.495 e. The molecule has 1 aliphatic heterocycles. The summed E-state index contributed by atoms with van der Waals surface area (Å²) in [5, 5.41) is 9.45. The van der Waals surface area contributed by atoms with Crippen LogP contribution in [-0.2, 0) is 6.67 Å². The van der Waals surface area contributed by atoms with E-state index in [4.69, 9.17) is 14.4 Å². The maximum absolute atomic E-state index is 13.1. The lowest BCUT2D eigenvalue weighted by Gasteiger charge is -2.36. The summed E-state index contributed by atoms with van der Waals surface area (Å²) in [6.07, 6.45) is 0. The van der Waals surface area contributed by atoms with Crippen molar-refractivity contribution in [3.05, 3.63) is 70.7 Å².